The molecule has 3 aromatic heterocycles. The van der Waals surface area contributed by atoms with Crippen molar-refractivity contribution >= 4 is 58.5 Å². The van der Waals surface area contributed by atoms with Gasteiger partial charge in [-0.15, -0.1) is 22.7 Å². The Hall–Kier alpha value is -6.53. The van der Waals surface area contributed by atoms with Crippen molar-refractivity contribution in [3.05, 3.63) is 192 Å². The van der Waals surface area contributed by atoms with Crippen molar-refractivity contribution in [2.45, 2.75) is 12.8 Å². The van der Waals surface area contributed by atoms with E-state index in [-0.39, 0.29) is 0 Å². The minimum atomic E-state index is 0.668. The summed E-state index contributed by atoms with van der Waals surface area (Å²) in [6.45, 7) is 0. The van der Waals surface area contributed by atoms with E-state index in [1.165, 1.54) is 74.1 Å². The second kappa shape index (κ2) is 13.6. The normalized spacial score (nSPS) is 12.6. The van der Waals surface area contributed by atoms with Crippen LogP contribution in [0.4, 0.5) is 0 Å². The van der Waals surface area contributed by atoms with Crippen LogP contribution in [0.15, 0.2) is 176 Å². The van der Waals surface area contributed by atoms with Gasteiger partial charge in [0.25, 0.3) is 0 Å². The van der Waals surface area contributed by atoms with Gasteiger partial charge in [0, 0.05) is 46.4 Å². The molecule has 5 heteroatoms. The first kappa shape index (κ1) is 32.9. The largest absolute Gasteiger partial charge is 0.208 e. The first-order valence-electron chi connectivity index (χ1n) is 19.0. The molecule has 3 heterocycles. The summed E-state index contributed by atoms with van der Waals surface area (Å²) < 4.78 is 3.84. The molecule has 0 amide bonds. The molecule has 0 fully saturated rings. The van der Waals surface area contributed by atoms with Crippen LogP contribution in [0.2, 0.25) is 0 Å². The number of aromatic nitrogens is 3. The van der Waals surface area contributed by atoms with Crippen LogP contribution >= 0.6 is 22.7 Å². The minimum absolute atomic E-state index is 0.668. The highest BCUT2D eigenvalue weighted by Gasteiger charge is 2.22. The molecule has 0 radical (unpaired) electrons. The molecular weight excluding hydrogens is 719 g/mol. The third kappa shape index (κ3) is 5.84. The Morgan fingerprint density at radius 3 is 1.70 bits per heavy atom. The monoisotopic (exact) mass is 751 g/mol. The van der Waals surface area contributed by atoms with Gasteiger partial charge >= 0.3 is 0 Å². The standard InChI is InChI=1S/C51H33N3S2/c1-3-11-32(12-4-1)33-21-23-34(24-22-33)36-26-28-46-44(30-36)43-19-10-18-40(48(43)56-46)37-15-9-16-38(29-37)50-52-49(35-13-5-2-6-14-35)53-51(54-50)39-25-27-42-41-17-7-8-20-45(41)55-47(42)31-39/h1-9,11-18,20-31H,10,19H2. The lowest BCUT2D eigenvalue weighted by atomic mass is 9.90. The van der Waals surface area contributed by atoms with Crippen molar-refractivity contribution in [2.75, 3.05) is 0 Å². The zero-order chi connectivity index (χ0) is 37.0. The Bertz CT molecular complexity index is 3120. The van der Waals surface area contributed by atoms with Gasteiger partial charge in [0.1, 0.15) is 0 Å². The molecule has 56 heavy (non-hydrogen) atoms. The van der Waals surface area contributed by atoms with E-state index < -0.39 is 0 Å². The lowest BCUT2D eigenvalue weighted by Gasteiger charge is -2.16. The van der Waals surface area contributed by atoms with Crippen LogP contribution < -0.4 is 0 Å². The van der Waals surface area contributed by atoms with Crippen LogP contribution in [-0.4, -0.2) is 15.0 Å². The lowest BCUT2D eigenvalue weighted by Crippen LogP contribution is -2.01. The van der Waals surface area contributed by atoms with Crippen molar-refractivity contribution in [1.29, 1.82) is 0 Å². The van der Waals surface area contributed by atoms with E-state index in [2.05, 4.69) is 158 Å². The second-order valence-electron chi connectivity index (χ2n) is 14.3. The third-order valence-electron chi connectivity index (χ3n) is 10.8. The van der Waals surface area contributed by atoms with E-state index in [0.717, 1.165) is 29.5 Å². The molecule has 3 nitrogen and oxygen atoms in total. The molecule has 0 bridgehead atoms. The molecule has 0 aliphatic heterocycles. The van der Waals surface area contributed by atoms with E-state index in [1.807, 2.05) is 40.9 Å². The van der Waals surface area contributed by atoms with Gasteiger partial charge in [-0.25, -0.2) is 15.0 Å². The highest BCUT2D eigenvalue weighted by atomic mass is 32.1. The molecule has 11 rings (SSSR count). The summed E-state index contributed by atoms with van der Waals surface area (Å²) in [4.78, 5) is 16.6. The molecule has 0 spiro atoms. The highest BCUT2D eigenvalue weighted by Crippen LogP contribution is 2.44. The zero-order valence-electron chi connectivity index (χ0n) is 30.3. The quantitative estimate of drug-likeness (QED) is 0.170. The summed E-state index contributed by atoms with van der Waals surface area (Å²) in [6, 6.07) is 60.6. The minimum Gasteiger partial charge on any atom is -0.208 e. The first-order valence-corrected chi connectivity index (χ1v) is 20.6. The smallest absolute Gasteiger partial charge is 0.164 e. The fraction of sp³-hybridized carbons (Fsp3) is 0.0392. The van der Waals surface area contributed by atoms with Crippen LogP contribution in [0.5, 0.6) is 0 Å². The second-order valence-corrected chi connectivity index (χ2v) is 16.4. The zero-order valence-corrected chi connectivity index (χ0v) is 31.9. The Morgan fingerprint density at radius 1 is 0.357 bits per heavy atom. The number of hydrogen-bond donors (Lipinski definition) is 0. The molecule has 0 saturated carbocycles. The SMILES string of the molecule is C1=C(c2cccc(-c3nc(-c4ccccc4)nc(-c4ccc5c(c4)sc4ccccc45)n3)c2)c2sc3ccc(-c4ccc(-c5ccccc5)cc4)cc3c2CC1. The van der Waals surface area contributed by atoms with Crippen LogP contribution in [0.1, 0.15) is 22.4 Å². The van der Waals surface area contributed by atoms with Crippen molar-refractivity contribution < 1.29 is 0 Å². The Labute approximate surface area is 333 Å². The molecule has 0 N–H and O–H groups in total. The van der Waals surface area contributed by atoms with Crippen LogP contribution in [0.3, 0.4) is 0 Å². The summed E-state index contributed by atoms with van der Waals surface area (Å²) in [7, 11) is 0. The number of nitrogens with zero attached hydrogens (tertiary/aromatic N) is 3. The summed E-state index contributed by atoms with van der Waals surface area (Å²) in [6.07, 6.45) is 4.45. The van der Waals surface area contributed by atoms with Crippen LogP contribution in [-0.2, 0) is 6.42 Å². The molecule has 0 unspecified atom stereocenters. The number of thiophene rings is 2. The molecule has 10 aromatic rings. The van der Waals surface area contributed by atoms with E-state index >= 15 is 0 Å². The molecule has 1 aliphatic carbocycles. The van der Waals surface area contributed by atoms with Crippen molar-refractivity contribution in [3.8, 4) is 56.4 Å². The van der Waals surface area contributed by atoms with Gasteiger partial charge in [0.2, 0.25) is 0 Å². The number of fused-ring (bicyclic) bond motifs is 6. The van der Waals surface area contributed by atoms with Crippen LogP contribution in [0.25, 0.3) is 92.2 Å². The van der Waals surface area contributed by atoms with Gasteiger partial charge in [0.15, 0.2) is 17.5 Å². The van der Waals surface area contributed by atoms with Gasteiger partial charge in [-0.2, -0.15) is 0 Å². The molecule has 1 aliphatic rings. The maximum absolute atomic E-state index is 5.15. The number of aryl methyl sites for hydroxylation is 1. The topological polar surface area (TPSA) is 38.7 Å². The highest BCUT2D eigenvalue weighted by molar-refractivity contribution is 7.25. The molecule has 264 valence electrons. The Kier molecular flexibility index (Phi) is 8.01. The maximum atomic E-state index is 5.15. The van der Waals surface area contributed by atoms with E-state index in [9.17, 15) is 0 Å². The molecular formula is C51H33N3S2. The van der Waals surface area contributed by atoms with Gasteiger partial charge < -0.3 is 0 Å². The van der Waals surface area contributed by atoms with Gasteiger partial charge in [-0.05, 0) is 87.5 Å². The molecule has 7 aromatic carbocycles. The first-order chi connectivity index (χ1) is 27.7. The Balaban J connectivity index is 0.964. The van der Waals surface area contributed by atoms with Gasteiger partial charge in [0.05, 0.1) is 0 Å². The van der Waals surface area contributed by atoms with Crippen molar-refractivity contribution in [2.24, 2.45) is 0 Å². The van der Waals surface area contributed by atoms with Crippen molar-refractivity contribution in [3.63, 3.8) is 0 Å². The maximum Gasteiger partial charge on any atom is 0.164 e. The average Bonchev–Trinajstić information content (AvgIpc) is 3.85. The van der Waals surface area contributed by atoms with Crippen LogP contribution in [0, 0.1) is 0 Å². The number of rotatable bonds is 6. The molecule has 0 atom stereocenters. The van der Waals surface area contributed by atoms with Gasteiger partial charge in [-0.3, -0.25) is 0 Å². The Morgan fingerprint density at radius 2 is 0.911 bits per heavy atom. The van der Waals surface area contributed by atoms with Crippen molar-refractivity contribution in [1.82, 2.24) is 15.0 Å². The summed E-state index contributed by atoms with van der Waals surface area (Å²) in [5.41, 5.74) is 11.8. The average molecular weight is 752 g/mol. The third-order valence-corrected chi connectivity index (χ3v) is 13.2. The fourth-order valence-corrected chi connectivity index (χ4v) is 10.5. The predicted octanol–water partition coefficient (Wildman–Crippen LogP) is 14.2. The van der Waals surface area contributed by atoms with E-state index in [4.69, 9.17) is 15.0 Å². The summed E-state index contributed by atoms with van der Waals surface area (Å²) >= 11 is 3.71. The van der Waals surface area contributed by atoms with Gasteiger partial charge in [-0.1, -0.05) is 146 Å². The molecule has 0 saturated heterocycles. The number of benzene rings is 7. The van der Waals surface area contributed by atoms with E-state index in [1.54, 1.807) is 0 Å². The summed E-state index contributed by atoms with van der Waals surface area (Å²) in [5, 5.41) is 3.90. The number of allylic oxidation sites excluding steroid dienone is 1. The summed E-state index contributed by atoms with van der Waals surface area (Å²) in [5.74, 6) is 2.01. The predicted molar refractivity (Wildman–Crippen MR) is 237 cm³/mol. The van der Waals surface area contributed by atoms with E-state index in [0.29, 0.717) is 17.5 Å². The lowest BCUT2D eigenvalue weighted by molar-refractivity contribution is 0.998. The fourth-order valence-electron chi connectivity index (χ4n) is 8.02. The number of hydrogen-bond acceptors (Lipinski definition) is 5.